The Hall–Kier alpha value is -3.52. The molecule has 4 aromatic heterocycles. The summed E-state index contributed by atoms with van der Waals surface area (Å²) in [4.78, 5) is 24.5. The van der Waals surface area contributed by atoms with E-state index in [0.29, 0.717) is 27.5 Å². The van der Waals surface area contributed by atoms with Gasteiger partial charge in [0.25, 0.3) is 0 Å². The van der Waals surface area contributed by atoms with Crippen molar-refractivity contribution in [2.75, 3.05) is 10.6 Å². The molecule has 2 amide bonds. The zero-order chi connectivity index (χ0) is 25.6. The first-order valence-corrected chi connectivity index (χ1v) is 13.7. The van der Waals surface area contributed by atoms with Crippen LogP contribution in [0.25, 0.3) is 0 Å². The third-order valence-electron chi connectivity index (χ3n) is 7.01. The number of aryl methyl sites for hydroxylation is 2. The first kappa shape index (κ1) is 23.9. The molecule has 1 spiro atoms. The van der Waals surface area contributed by atoms with Crippen molar-refractivity contribution in [1.29, 1.82) is 0 Å². The molecule has 0 saturated heterocycles. The molecule has 0 unspecified atom stereocenters. The number of aromatic nitrogens is 8. The molecule has 0 atom stereocenters. The first-order chi connectivity index (χ1) is 17.8. The molecule has 37 heavy (non-hydrogen) atoms. The summed E-state index contributed by atoms with van der Waals surface area (Å²) in [6.45, 7) is 0. The van der Waals surface area contributed by atoms with Crippen LogP contribution in [0.5, 0.6) is 0 Å². The van der Waals surface area contributed by atoms with Crippen LogP contribution >= 0.6 is 22.7 Å². The van der Waals surface area contributed by atoms with Gasteiger partial charge in [-0.05, 0) is 43.2 Å². The Kier molecular flexibility index (Phi) is 6.07. The number of amides is 2. The maximum atomic E-state index is 12.3. The molecule has 4 heterocycles. The Morgan fingerprint density at radius 3 is 1.62 bits per heavy atom. The summed E-state index contributed by atoms with van der Waals surface area (Å²) >= 11 is 2.92. The molecule has 192 valence electrons. The van der Waals surface area contributed by atoms with Crippen LogP contribution < -0.4 is 10.6 Å². The summed E-state index contributed by atoms with van der Waals surface area (Å²) in [6.07, 6.45) is 8.36. The average Bonchev–Trinajstić information content (AvgIpc) is 3.57. The lowest BCUT2D eigenvalue weighted by molar-refractivity contribution is -0.116. The van der Waals surface area contributed by atoms with Crippen LogP contribution in [0.15, 0.2) is 24.5 Å². The van der Waals surface area contributed by atoms with E-state index in [1.807, 2.05) is 38.6 Å². The normalized spacial score (nSPS) is 22.4. The van der Waals surface area contributed by atoms with E-state index in [4.69, 9.17) is 0 Å². The summed E-state index contributed by atoms with van der Waals surface area (Å²) in [5, 5.41) is 34.2. The van der Waals surface area contributed by atoms with Crippen LogP contribution in [0.2, 0.25) is 0 Å². The van der Waals surface area contributed by atoms with Crippen molar-refractivity contribution in [3.8, 4) is 0 Å². The van der Waals surface area contributed by atoms with E-state index >= 15 is 0 Å². The quantitative estimate of drug-likeness (QED) is 0.348. The van der Waals surface area contributed by atoms with Crippen molar-refractivity contribution >= 4 is 44.8 Å². The average molecular weight is 539 g/mol. The van der Waals surface area contributed by atoms with Crippen molar-refractivity contribution in [2.45, 2.75) is 50.4 Å². The van der Waals surface area contributed by atoms with Gasteiger partial charge in [0.2, 0.25) is 22.1 Å². The van der Waals surface area contributed by atoms with Gasteiger partial charge in [-0.1, -0.05) is 22.7 Å². The van der Waals surface area contributed by atoms with E-state index in [9.17, 15) is 9.59 Å². The van der Waals surface area contributed by atoms with Crippen molar-refractivity contribution in [3.63, 3.8) is 0 Å². The van der Waals surface area contributed by atoms with Gasteiger partial charge >= 0.3 is 0 Å². The lowest BCUT2D eigenvalue weighted by Crippen LogP contribution is -2.45. The predicted octanol–water partition coefficient (Wildman–Crippen LogP) is 2.66. The fraction of sp³-hybridized carbons (Fsp3) is 0.478. The van der Waals surface area contributed by atoms with Crippen molar-refractivity contribution in [3.05, 3.63) is 45.9 Å². The monoisotopic (exact) mass is 538 g/mol. The van der Waals surface area contributed by atoms with Gasteiger partial charge in [0.05, 0.1) is 24.2 Å². The fourth-order valence-corrected chi connectivity index (χ4v) is 7.04. The van der Waals surface area contributed by atoms with E-state index in [2.05, 4.69) is 41.2 Å². The maximum Gasteiger partial charge on any atom is 0.232 e. The third-order valence-corrected chi connectivity index (χ3v) is 9.01. The lowest BCUT2D eigenvalue weighted by Gasteiger charge is -2.56. The third kappa shape index (κ3) is 5.16. The molecule has 0 bridgehead atoms. The van der Waals surface area contributed by atoms with Gasteiger partial charge in [0, 0.05) is 38.3 Å². The highest BCUT2D eigenvalue weighted by atomic mass is 32.1. The van der Waals surface area contributed by atoms with Crippen molar-refractivity contribution in [2.24, 2.45) is 19.5 Å². The largest absolute Gasteiger partial charge is 0.300 e. The number of hydrogen-bond donors (Lipinski definition) is 2. The van der Waals surface area contributed by atoms with E-state index in [1.54, 1.807) is 9.36 Å². The van der Waals surface area contributed by atoms with Crippen LogP contribution in [0.1, 0.15) is 58.9 Å². The highest BCUT2D eigenvalue weighted by Crippen LogP contribution is 2.66. The number of anilines is 2. The van der Waals surface area contributed by atoms with E-state index in [1.165, 1.54) is 22.7 Å². The van der Waals surface area contributed by atoms with Crippen molar-refractivity contribution < 1.29 is 9.59 Å². The second-order valence-corrected chi connectivity index (χ2v) is 12.0. The Morgan fingerprint density at radius 1 is 0.811 bits per heavy atom. The maximum absolute atomic E-state index is 12.3. The number of carbonyl (C=O) groups excluding carboxylic acids is 2. The molecular weight excluding hydrogens is 512 g/mol. The number of carbonyl (C=O) groups is 2. The molecule has 0 aromatic carbocycles. The van der Waals surface area contributed by atoms with Crippen LogP contribution in [-0.4, -0.2) is 51.8 Å². The zero-order valence-electron chi connectivity index (χ0n) is 20.4. The van der Waals surface area contributed by atoms with Gasteiger partial charge in [-0.2, -0.15) is 10.2 Å². The molecule has 2 fully saturated rings. The standard InChI is InChI=1S/C23H26N10O2S2/c1-32-5-3-15(30-32)7-17(34)24-21-28-26-19(36-21)13-9-23(10-13)11-14(12-23)20-27-29-22(37-20)25-18(35)8-16-4-6-33(2)31-16/h3-6,13-14H,7-12H2,1-2H3,(H,24,28,34)(H,25,29,35). The fourth-order valence-electron chi connectivity index (χ4n) is 5.32. The SMILES string of the molecule is Cn1ccc(CC(=O)Nc2nnc(C3CC4(C3)CC(c3nnc(NC(=O)Cc5ccn(C)n5)s3)C4)s2)n1. The van der Waals surface area contributed by atoms with Crippen LogP contribution in [-0.2, 0) is 36.5 Å². The number of hydrogen-bond acceptors (Lipinski definition) is 10. The first-order valence-electron chi connectivity index (χ1n) is 12.1. The van der Waals surface area contributed by atoms with E-state index in [0.717, 1.165) is 47.1 Å². The van der Waals surface area contributed by atoms with Crippen molar-refractivity contribution in [1.82, 2.24) is 40.0 Å². The Bertz CT molecular complexity index is 1330. The second-order valence-electron chi connectivity index (χ2n) is 10.0. The molecule has 2 aliphatic rings. The van der Waals surface area contributed by atoms with Crippen LogP contribution in [0.4, 0.5) is 10.3 Å². The van der Waals surface area contributed by atoms with Gasteiger partial charge in [0.15, 0.2) is 0 Å². The van der Waals surface area contributed by atoms with Crippen LogP contribution in [0.3, 0.4) is 0 Å². The molecule has 0 radical (unpaired) electrons. The summed E-state index contributed by atoms with van der Waals surface area (Å²) in [7, 11) is 3.65. The summed E-state index contributed by atoms with van der Waals surface area (Å²) in [5.41, 5.74) is 1.77. The summed E-state index contributed by atoms with van der Waals surface area (Å²) in [6, 6.07) is 3.65. The Morgan fingerprint density at radius 2 is 1.24 bits per heavy atom. The highest BCUT2D eigenvalue weighted by Gasteiger charge is 2.55. The number of rotatable bonds is 8. The minimum absolute atomic E-state index is 0.141. The molecule has 2 aliphatic carbocycles. The molecule has 0 aliphatic heterocycles. The van der Waals surface area contributed by atoms with Gasteiger partial charge in [0.1, 0.15) is 10.0 Å². The van der Waals surface area contributed by atoms with Gasteiger partial charge < -0.3 is 10.6 Å². The highest BCUT2D eigenvalue weighted by molar-refractivity contribution is 7.15. The number of nitrogens with zero attached hydrogens (tertiary/aromatic N) is 8. The predicted molar refractivity (Wildman–Crippen MR) is 137 cm³/mol. The summed E-state index contributed by atoms with van der Waals surface area (Å²) < 4.78 is 3.35. The molecule has 6 rings (SSSR count). The molecule has 4 aromatic rings. The topological polar surface area (TPSA) is 145 Å². The van der Waals surface area contributed by atoms with Gasteiger partial charge in [-0.25, -0.2) is 0 Å². The minimum atomic E-state index is -0.141. The molecule has 12 nitrogen and oxygen atoms in total. The molecule has 14 heteroatoms. The zero-order valence-corrected chi connectivity index (χ0v) is 22.1. The lowest BCUT2D eigenvalue weighted by atomic mass is 9.48. The van der Waals surface area contributed by atoms with E-state index in [-0.39, 0.29) is 24.7 Å². The Balaban J connectivity index is 0.955. The summed E-state index contributed by atoms with van der Waals surface area (Å²) in [5.74, 6) is 0.488. The number of nitrogens with one attached hydrogen (secondary N) is 2. The van der Waals surface area contributed by atoms with Gasteiger partial charge in [-0.3, -0.25) is 19.0 Å². The minimum Gasteiger partial charge on any atom is -0.300 e. The second kappa shape index (κ2) is 9.41. The molecule has 2 N–H and O–H groups in total. The van der Waals surface area contributed by atoms with Gasteiger partial charge in [-0.15, -0.1) is 20.4 Å². The van der Waals surface area contributed by atoms with Crippen LogP contribution in [0, 0.1) is 5.41 Å². The molecule has 2 saturated carbocycles. The molecular formula is C23H26N10O2S2. The van der Waals surface area contributed by atoms with E-state index < -0.39 is 0 Å². The smallest absolute Gasteiger partial charge is 0.232 e. The Labute approximate surface area is 220 Å².